The van der Waals surface area contributed by atoms with Crippen LogP contribution in [0.15, 0.2) is 30.3 Å². The fourth-order valence-corrected chi connectivity index (χ4v) is 7.63. The van der Waals surface area contributed by atoms with Gasteiger partial charge in [0.05, 0.1) is 25.3 Å². The number of carbonyl (C=O) groups excluding carboxylic acids is 4. The minimum absolute atomic E-state index is 0.00821. The lowest BCUT2D eigenvalue weighted by Gasteiger charge is -2.64. The molecule has 3 aliphatic carbocycles. The van der Waals surface area contributed by atoms with Gasteiger partial charge in [-0.1, -0.05) is 58.0 Å². The topological polar surface area (TPSA) is 144 Å². The molecule has 1 aromatic rings. The molecule has 13 heteroatoms. The fraction of sp³-hybridized carbons (Fsp3) is 0.688. The summed E-state index contributed by atoms with van der Waals surface area (Å²) in [5.74, 6) is 0.0459. The van der Waals surface area contributed by atoms with Gasteiger partial charge in [0, 0.05) is 6.42 Å². The average Bonchev–Trinajstić information content (AvgIpc) is 3.36. The number of rotatable bonds is 14. The number of ether oxygens (including phenoxy) is 1. The van der Waals surface area contributed by atoms with E-state index in [4.69, 9.17) is 9.31 Å². The van der Waals surface area contributed by atoms with Crippen LogP contribution in [-0.4, -0.2) is 86.3 Å². The van der Waals surface area contributed by atoms with E-state index in [-0.39, 0.29) is 41.8 Å². The van der Waals surface area contributed by atoms with Gasteiger partial charge in [-0.2, -0.15) is 11.8 Å². The van der Waals surface area contributed by atoms with Crippen molar-refractivity contribution in [1.29, 1.82) is 0 Å². The number of hydrogen-bond donors (Lipinski definition) is 4. The lowest BCUT2D eigenvalue weighted by atomic mass is 9.43. The van der Waals surface area contributed by atoms with E-state index in [2.05, 4.69) is 46.8 Å². The van der Waals surface area contributed by atoms with E-state index < -0.39 is 43.2 Å². The third-order valence-electron chi connectivity index (χ3n) is 10.0. The van der Waals surface area contributed by atoms with Crippen LogP contribution in [0.25, 0.3) is 0 Å². The van der Waals surface area contributed by atoms with Crippen LogP contribution in [0.3, 0.4) is 0 Å². The summed E-state index contributed by atoms with van der Waals surface area (Å²) in [6.07, 6.45) is 4.06. The Balaban J connectivity index is 1.42. The summed E-state index contributed by atoms with van der Waals surface area (Å²) in [6.45, 7) is 10.3. The Morgan fingerprint density at radius 1 is 1.00 bits per heavy atom. The first-order valence-corrected chi connectivity index (χ1v) is 17.3. The summed E-state index contributed by atoms with van der Waals surface area (Å²) in [4.78, 5) is 52.4. The Morgan fingerprint density at radius 2 is 1.69 bits per heavy atom. The third-order valence-corrected chi connectivity index (χ3v) is 10.7. The van der Waals surface area contributed by atoms with E-state index >= 15 is 0 Å². The molecule has 5 rings (SSSR count). The maximum absolute atomic E-state index is 13.7. The SMILES string of the molecule is COC(=O)N[C@H](C(=O)N[C@@H](Cc1ccccc1)C(=O)N[C@@H](CCSC)C(=O)NCB1O[C@@H]2CC3C[C@@H](C3(C)C)[C@]2(C)O1)C(C)C. The van der Waals surface area contributed by atoms with Crippen molar-refractivity contribution in [2.75, 3.05) is 25.6 Å². The molecular weight excluding hydrogens is 595 g/mol. The van der Waals surface area contributed by atoms with Gasteiger partial charge in [0.25, 0.3) is 0 Å². The molecule has 0 aromatic heterocycles. The van der Waals surface area contributed by atoms with E-state index in [0.717, 1.165) is 18.4 Å². The van der Waals surface area contributed by atoms with Gasteiger partial charge in [-0.25, -0.2) is 4.79 Å². The average molecular weight is 645 g/mol. The van der Waals surface area contributed by atoms with Crippen LogP contribution in [0.2, 0.25) is 0 Å². The molecule has 4 amide bonds. The van der Waals surface area contributed by atoms with Crippen molar-refractivity contribution in [2.45, 2.75) is 90.1 Å². The van der Waals surface area contributed by atoms with Crippen molar-refractivity contribution >= 4 is 42.7 Å². The van der Waals surface area contributed by atoms with E-state index in [1.54, 1.807) is 25.6 Å². The number of methoxy groups -OCH3 is 1. The lowest BCUT2D eigenvalue weighted by molar-refractivity contribution is -0.199. The van der Waals surface area contributed by atoms with Gasteiger partial charge < -0.3 is 35.3 Å². The zero-order valence-electron chi connectivity index (χ0n) is 27.5. The Morgan fingerprint density at radius 3 is 2.31 bits per heavy atom. The van der Waals surface area contributed by atoms with Gasteiger partial charge in [0.1, 0.15) is 18.1 Å². The van der Waals surface area contributed by atoms with Crippen molar-refractivity contribution < 1.29 is 33.2 Å². The number of benzene rings is 1. The molecule has 1 aromatic carbocycles. The maximum atomic E-state index is 13.7. The highest BCUT2D eigenvalue weighted by molar-refractivity contribution is 7.98. The summed E-state index contributed by atoms with van der Waals surface area (Å²) >= 11 is 1.57. The summed E-state index contributed by atoms with van der Waals surface area (Å²) in [5.41, 5.74) is 0.673. The predicted octanol–water partition coefficient (Wildman–Crippen LogP) is 2.72. The van der Waals surface area contributed by atoms with Crippen molar-refractivity contribution in [1.82, 2.24) is 21.3 Å². The molecule has 4 aliphatic rings. The first-order chi connectivity index (χ1) is 21.3. The minimum Gasteiger partial charge on any atom is -0.453 e. The van der Waals surface area contributed by atoms with Gasteiger partial charge in [-0.15, -0.1) is 0 Å². The summed E-state index contributed by atoms with van der Waals surface area (Å²) in [6, 6.07) is 6.54. The Labute approximate surface area is 271 Å². The van der Waals surface area contributed by atoms with Gasteiger partial charge in [0.2, 0.25) is 17.7 Å². The van der Waals surface area contributed by atoms with Crippen LogP contribution in [0, 0.1) is 23.2 Å². The number of amides is 4. The van der Waals surface area contributed by atoms with Crippen molar-refractivity contribution in [3.05, 3.63) is 35.9 Å². The number of thioether (sulfide) groups is 1. The number of nitrogens with one attached hydrogen (secondary N) is 4. The summed E-state index contributed by atoms with van der Waals surface area (Å²) in [7, 11) is 0.661. The van der Waals surface area contributed by atoms with Crippen LogP contribution in [-0.2, 0) is 34.9 Å². The zero-order chi connectivity index (χ0) is 32.9. The first-order valence-electron chi connectivity index (χ1n) is 15.9. The van der Waals surface area contributed by atoms with Gasteiger partial charge in [0.15, 0.2) is 0 Å². The van der Waals surface area contributed by atoms with E-state index in [1.165, 1.54) is 7.11 Å². The molecule has 3 saturated carbocycles. The molecule has 4 N–H and O–H groups in total. The van der Waals surface area contributed by atoms with Crippen molar-refractivity contribution in [3.63, 3.8) is 0 Å². The molecule has 1 unspecified atom stereocenters. The van der Waals surface area contributed by atoms with Crippen LogP contribution < -0.4 is 21.3 Å². The predicted molar refractivity (Wildman–Crippen MR) is 174 cm³/mol. The van der Waals surface area contributed by atoms with Crippen molar-refractivity contribution in [2.24, 2.45) is 23.2 Å². The Hall–Kier alpha value is -2.77. The van der Waals surface area contributed by atoms with Crippen LogP contribution >= 0.6 is 11.8 Å². The molecule has 248 valence electrons. The smallest absolute Gasteiger partial charge is 0.453 e. The molecule has 0 spiro atoms. The van der Waals surface area contributed by atoms with Gasteiger partial charge in [-0.3, -0.25) is 14.4 Å². The Kier molecular flexibility index (Phi) is 11.5. The number of alkyl carbamates (subject to hydrolysis) is 1. The fourth-order valence-electron chi connectivity index (χ4n) is 7.16. The second-order valence-corrected chi connectivity index (χ2v) is 14.6. The highest BCUT2D eigenvalue weighted by Crippen LogP contribution is 2.65. The molecule has 1 heterocycles. The number of carbonyl (C=O) groups is 4. The van der Waals surface area contributed by atoms with Gasteiger partial charge >= 0.3 is 13.2 Å². The molecule has 7 atom stereocenters. The monoisotopic (exact) mass is 644 g/mol. The molecule has 4 fully saturated rings. The van der Waals surface area contributed by atoms with E-state index in [1.807, 2.05) is 36.6 Å². The molecule has 45 heavy (non-hydrogen) atoms. The minimum atomic E-state index is -0.996. The highest BCUT2D eigenvalue weighted by atomic mass is 32.2. The largest absolute Gasteiger partial charge is 0.478 e. The molecule has 11 nitrogen and oxygen atoms in total. The first kappa shape index (κ1) is 35.1. The van der Waals surface area contributed by atoms with E-state index in [0.29, 0.717) is 24.0 Å². The lowest BCUT2D eigenvalue weighted by Crippen LogP contribution is -2.65. The third kappa shape index (κ3) is 7.97. The second kappa shape index (κ2) is 14.8. The van der Waals surface area contributed by atoms with Crippen LogP contribution in [0.4, 0.5) is 4.79 Å². The van der Waals surface area contributed by atoms with Crippen LogP contribution in [0.1, 0.15) is 59.4 Å². The quantitative estimate of drug-likeness (QED) is 0.227. The van der Waals surface area contributed by atoms with Crippen LogP contribution in [0.5, 0.6) is 0 Å². The number of hydrogen-bond acceptors (Lipinski definition) is 8. The molecule has 2 bridgehead atoms. The maximum Gasteiger partial charge on any atom is 0.478 e. The molecule has 1 saturated heterocycles. The van der Waals surface area contributed by atoms with Crippen molar-refractivity contribution in [3.8, 4) is 0 Å². The van der Waals surface area contributed by atoms with E-state index in [9.17, 15) is 19.2 Å². The molecule has 1 aliphatic heterocycles. The standard InChI is InChI=1S/C32H49BN4O7S/c1-19(2)26(37-30(41)42-6)29(40)36-23(15-20-11-9-8-10-12-20)28(39)35-22(13-14-45-7)27(38)34-18-33-43-25-17-21-16-24(31(21,3)4)32(25,5)44-33/h8-12,19,21-26H,13-18H2,1-7H3,(H,34,38)(H,35,39)(H,36,40)(H,37,41)/t21?,22-,23-,24-,25+,26-,32-/m0/s1. The normalized spacial score (nSPS) is 26.5. The highest BCUT2D eigenvalue weighted by Gasteiger charge is 2.67. The Bertz CT molecular complexity index is 1220. The zero-order valence-corrected chi connectivity index (χ0v) is 28.3. The molecular formula is C32H49BN4O7S. The molecule has 0 radical (unpaired) electrons. The summed E-state index contributed by atoms with van der Waals surface area (Å²) < 4.78 is 17.4. The van der Waals surface area contributed by atoms with Gasteiger partial charge in [-0.05, 0) is 66.9 Å². The second-order valence-electron chi connectivity index (χ2n) is 13.6. The summed E-state index contributed by atoms with van der Waals surface area (Å²) in [5, 5.41) is 11.2.